The van der Waals surface area contributed by atoms with Gasteiger partial charge in [-0.2, -0.15) is 0 Å². The van der Waals surface area contributed by atoms with Crippen LogP contribution in [-0.4, -0.2) is 18.6 Å². The SMILES string of the molecule is Cc1ccc(CN(C(=O)c2ccc3c(c2)OCO3)c2cccc(CC(=O)N[C@@H](C)c3ccccc3)c2)cc1. The quantitative estimate of drug-likeness (QED) is 0.319. The lowest BCUT2D eigenvalue weighted by atomic mass is 10.1. The lowest BCUT2D eigenvalue weighted by Gasteiger charge is -2.24. The van der Waals surface area contributed by atoms with Crippen LogP contribution in [0.2, 0.25) is 0 Å². The third-order valence-corrected chi connectivity index (χ3v) is 6.59. The third kappa shape index (κ3) is 5.86. The molecule has 2 amide bonds. The average molecular weight is 507 g/mol. The van der Waals surface area contributed by atoms with Crippen LogP contribution in [0.1, 0.15) is 45.6 Å². The molecule has 0 saturated heterocycles. The monoisotopic (exact) mass is 506 g/mol. The summed E-state index contributed by atoms with van der Waals surface area (Å²) < 4.78 is 10.9. The van der Waals surface area contributed by atoms with Gasteiger partial charge in [-0.1, -0.05) is 72.3 Å². The zero-order chi connectivity index (χ0) is 26.5. The number of hydrogen-bond donors (Lipinski definition) is 1. The summed E-state index contributed by atoms with van der Waals surface area (Å²) in [7, 11) is 0. The van der Waals surface area contributed by atoms with Crippen LogP contribution in [0.15, 0.2) is 97.1 Å². The van der Waals surface area contributed by atoms with E-state index in [9.17, 15) is 9.59 Å². The first-order valence-electron chi connectivity index (χ1n) is 12.7. The van der Waals surface area contributed by atoms with Crippen LogP contribution in [0.5, 0.6) is 11.5 Å². The molecule has 0 bridgehead atoms. The topological polar surface area (TPSA) is 67.9 Å². The van der Waals surface area contributed by atoms with Crippen LogP contribution in [0.3, 0.4) is 0 Å². The van der Waals surface area contributed by atoms with E-state index in [0.29, 0.717) is 23.6 Å². The van der Waals surface area contributed by atoms with Crippen molar-refractivity contribution >= 4 is 17.5 Å². The molecule has 1 aliphatic heterocycles. The van der Waals surface area contributed by atoms with E-state index in [0.717, 1.165) is 27.9 Å². The Bertz CT molecular complexity index is 1430. The predicted molar refractivity (Wildman–Crippen MR) is 147 cm³/mol. The number of aryl methyl sites for hydroxylation is 1. The fourth-order valence-corrected chi connectivity index (χ4v) is 4.48. The third-order valence-electron chi connectivity index (χ3n) is 6.59. The normalized spacial score (nSPS) is 12.6. The largest absolute Gasteiger partial charge is 0.454 e. The Balaban J connectivity index is 1.38. The van der Waals surface area contributed by atoms with Crippen LogP contribution >= 0.6 is 0 Å². The number of rotatable bonds is 8. The van der Waals surface area contributed by atoms with Gasteiger partial charge in [0, 0.05) is 11.3 Å². The minimum absolute atomic E-state index is 0.0781. The molecular weight excluding hydrogens is 476 g/mol. The van der Waals surface area contributed by atoms with Crippen molar-refractivity contribution in [3.8, 4) is 11.5 Å². The van der Waals surface area contributed by atoms with Gasteiger partial charge in [0.25, 0.3) is 5.91 Å². The molecule has 1 heterocycles. The van der Waals surface area contributed by atoms with Gasteiger partial charge in [0.2, 0.25) is 12.7 Å². The van der Waals surface area contributed by atoms with Crippen LogP contribution in [0.4, 0.5) is 5.69 Å². The van der Waals surface area contributed by atoms with Crippen molar-refractivity contribution in [3.05, 3.63) is 125 Å². The first-order chi connectivity index (χ1) is 18.5. The second-order valence-electron chi connectivity index (χ2n) is 9.49. The second-order valence-corrected chi connectivity index (χ2v) is 9.49. The van der Waals surface area contributed by atoms with E-state index in [1.54, 1.807) is 23.1 Å². The lowest BCUT2D eigenvalue weighted by Crippen LogP contribution is -2.31. The zero-order valence-corrected chi connectivity index (χ0v) is 21.5. The highest BCUT2D eigenvalue weighted by molar-refractivity contribution is 6.06. The summed E-state index contributed by atoms with van der Waals surface area (Å²) in [6.45, 7) is 4.53. The summed E-state index contributed by atoms with van der Waals surface area (Å²) in [5.74, 6) is 0.947. The molecule has 0 unspecified atom stereocenters. The van der Waals surface area contributed by atoms with Gasteiger partial charge in [-0.05, 0) is 60.9 Å². The molecule has 0 radical (unpaired) electrons. The summed E-state index contributed by atoms with van der Waals surface area (Å²) in [5.41, 5.74) is 5.25. The number of amides is 2. The van der Waals surface area contributed by atoms with Gasteiger partial charge in [-0.15, -0.1) is 0 Å². The summed E-state index contributed by atoms with van der Waals surface area (Å²) in [5, 5.41) is 3.07. The van der Waals surface area contributed by atoms with Crippen molar-refractivity contribution < 1.29 is 19.1 Å². The van der Waals surface area contributed by atoms with Gasteiger partial charge >= 0.3 is 0 Å². The van der Waals surface area contributed by atoms with E-state index in [1.807, 2.05) is 92.7 Å². The Morgan fingerprint density at radius 2 is 1.61 bits per heavy atom. The predicted octanol–water partition coefficient (Wildman–Crippen LogP) is 5.99. The van der Waals surface area contributed by atoms with Crippen molar-refractivity contribution in [2.24, 2.45) is 0 Å². The summed E-state index contributed by atoms with van der Waals surface area (Å²) in [6.07, 6.45) is 0.210. The second kappa shape index (κ2) is 11.2. The fourth-order valence-electron chi connectivity index (χ4n) is 4.48. The van der Waals surface area contributed by atoms with Gasteiger partial charge in [0.1, 0.15) is 0 Å². The van der Waals surface area contributed by atoms with Crippen LogP contribution in [-0.2, 0) is 17.8 Å². The highest BCUT2D eigenvalue weighted by atomic mass is 16.7. The molecule has 0 aromatic heterocycles. The van der Waals surface area contributed by atoms with Crippen molar-refractivity contribution in [2.75, 3.05) is 11.7 Å². The van der Waals surface area contributed by atoms with E-state index in [4.69, 9.17) is 9.47 Å². The van der Waals surface area contributed by atoms with E-state index in [2.05, 4.69) is 5.32 Å². The van der Waals surface area contributed by atoms with E-state index in [-0.39, 0.29) is 31.1 Å². The number of ether oxygens (including phenoxy) is 2. The summed E-state index contributed by atoms with van der Waals surface area (Å²) >= 11 is 0. The van der Waals surface area contributed by atoms with Crippen LogP contribution in [0.25, 0.3) is 0 Å². The highest BCUT2D eigenvalue weighted by Crippen LogP contribution is 2.33. The molecule has 6 nitrogen and oxygen atoms in total. The maximum Gasteiger partial charge on any atom is 0.258 e. The van der Waals surface area contributed by atoms with Gasteiger partial charge in [0.15, 0.2) is 11.5 Å². The number of anilines is 1. The molecule has 6 heteroatoms. The van der Waals surface area contributed by atoms with Crippen molar-refractivity contribution in [3.63, 3.8) is 0 Å². The molecule has 38 heavy (non-hydrogen) atoms. The molecule has 0 saturated carbocycles. The van der Waals surface area contributed by atoms with E-state index >= 15 is 0 Å². The number of nitrogens with one attached hydrogen (secondary N) is 1. The molecule has 0 aliphatic carbocycles. The number of fused-ring (bicyclic) bond motifs is 1. The van der Waals surface area contributed by atoms with Crippen molar-refractivity contribution in [1.29, 1.82) is 0 Å². The number of carbonyl (C=O) groups excluding carboxylic acids is 2. The van der Waals surface area contributed by atoms with Crippen LogP contribution < -0.4 is 19.7 Å². The smallest absolute Gasteiger partial charge is 0.258 e. The average Bonchev–Trinajstić information content (AvgIpc) is 3.41. The molecule has 1 atom stereocenters. The minimum atomic E-state index is -0.164. The van der Waals surface area contributed by atoms with Gasteiger partial charge < -0.3 is 19.7 Å². The van der Waals surface area contributed by atoms with E-state index in [1.165, 1.54) is 0 Å². The molecule has 5 rings (SSSR count). The number of benzene rings is 4. The Hall–Kier alpha value is -4.58. The van der Waals surface area contributed by atoms with Gasteiger partial charge in [-0.25, -0.2) is 0 Å². The molecule has 192 valence electrons. The highest BCUT2D eigenvalue weighted by Gasteiger charge is 2.22. The first-order valence-corrected chi connectivity index (χ1v) is 12.7. The van der Waals surface area contributed by atoms with Crippen molar-refractivity contribution in [2.45, 2.75) is 32.9 Å². The number of hydrogen-bond acceptors (Lipinski definition) is 4. The summed E-state index contributed by atoms with van der Waals surface area (Å²) in [6, 6.07) is 30.7. The minimum Gasteiger partial charge on any atom is -0.454 e. The Morgan fingerprint density at radius 3 is 2.39 bits per heavy atom. The molecule has 4 aromatic rings. The Labute approximate surface area is 222 Å². The zero-order valence-electron chi connectivity index (χ0n) is 21.5. The molecule has 1 aliphatic rings. The van der Waals surface area contributed by atoms with Crippen molar-refractivity contribution in [1.82, 2.24) is 5.32 Å². The maximum atomic E-state index is 13.8. The molecule has 4 aromatic carbocycles. The maximum absolute atomic E-state index is 13.8. The Kier molecular flexibility index (Phi) is 7.40. The van der Waals surface area contributed by atoms with Crippen LogP contribution in [0, 0.1) is 6.92 Å². The fraction of sp³-hybridized carbons (Fsp3) is 0.188. The van der Waals surface area contributed by atoms with Gasteiger partial charge in [0.05, 0.1) is 19.0 Å². The first kappa shape index (κ1) is 25.1. The molecular formula is C32H30N2O4. The van der Waals surface area contributed by atoms with E-state index < -0.39 is 0 Å². The molecule has 1 N–H and O–H groups in total. The number of carbonyl (C=O) groups is 2. The molecule has 0 fully saturated rings. The Morgan fingerprint density at radius 1 is 0.842 bits per heavy atom. The lowest BCUT2D eigenvalue weighted by molar-refractivity contribution is -0.121. The van der Waals surface area contributed by atoms with Gasteiger partial charge in [-0.3, -0.25) is 9.59 Å². The standard InChI is InChI=1S/C32H30N2O4/c1-22-11-13-24(14-12-22)20-34(32(36)27-15-16-29-30(19-27)38-21-37-29)28-10-6-7-25(17-28)18-31(35)33-23(2)26-8-4-3-5-9-26/h3-17,19,23H,18,20-21H2,1-2H3,(H,33,35)/t23-/m0/s1. The summed E-state index contributed by atoms with van der Waals surface area (Å²) in [4.78, 5) is 28.4. The number of nitrogens with zero attached hydrogens (tertiary/aromatic N) is 1. The molecule has 0 spiro atoms.